The number of rotatable bonds is 9. The van der Waals surface area contributed by atoms with Crippen LogP contribution in [0.2, 0.25) is 0 Å². The summed E-state index contributed by atoms with van der Waals surface area (Å²) < 4.78 is 81.6. The van der Waals surface area contributed by atoms with Gasteiger partial charge in [0.2, 0.25) is 0 Å². The van der Waals surface area contributed by atoms with Crippen LogP contribution in [0, 0.1) is 20.2 Å². The fourth-order valence-electron chi connectivity index (χ4n) is 6.28. The van der Waals surface area contributed by atoms with Gasteiger partial charge in [-0.25, -0.2) is 0 Å². The molecule has 0 bridgehead atoms. The number of aromatic hydroxyl groups is 1. The Hall–Kier alpha value is -6.31. The zero-order chi connectivity index (χ0) is 43.1. The summed E-state index contributed by atoms with van der Waals surface area (Å²) in [6.45, 7) is 2.85. The van der Waals surface area contributed by atoms with Gasteiger partial charge in [-0.3, -0.25) is 29.8 Å². The predicted octanol–water partition coefficient (Wildman–Crippen LogP) is 7.48. The van der Waals surface area contributed by atoms with Gasteiger partial charge in [0.05, 0.1) is 38.0 Å². The van der Waals surface area contributed by atoms with Crippen LogP contribution in [0.1, 0.15) is 31.8 Å². The summed E-state index contributed by atoms with van der Waals surface area (Å²) in [6, 6.07) is 16.7. The topological polar surface area (TPSA) is 163 Å². The first-order valence-corrected chi connectivity index (χ1v) is 18.3. The minimum atomic E-state index is -4.40. The van der Waals surface area contributed by atoms with E-state index in [1.165, 1.54) is 52.3 Å². The number of carbonyl (C=O) groups is 2. The number of anilines is 2. The number of ether oxygens (including phenoxy) is 1. The molecule has 2 fully saturated rings. The average molecular weight is 853 g/mol. The molecule has 314 valence electrons. The summed E-state index contributed by atoms with van der Waals surface area (Å²) in [6.07, 6.45) is -8.80. The van der Waals surface area contributed by atoms with Gasteiger partial charge in [0, 0.05) is 88.0 Å². The lowest BCUT2D eigenvalue weighted by Crippen LogP contribution is -2.48. The molecule has 0 saturated carbocycles. The molecule has 6 rings (SSSR count). The lowest BCUT2D eigenvalue weighted by atomic mass is 10.1. The molecule has 2 aliphatic heterocycles. The first-order valence-electron chi connectivity index (χ1n) is 17.7. The second-order valence-corrected chi connectivity index (χ2v) is 13.5. The molecule has 59 heavy (non-hydrogen) atoms. The number of nitrogens with zero attached hydrogens (tertiary/aromatic N) is 6. The van der Waals surface area contributed by atoms with E-state index < -0.39 is 45.1 Å². The molecular formula is C38H35ClF6N6O8. The molecule has 14 nitrogen and oxygen atoms in total. The van der Waals surface area contributed by atoms with Gasteiger partial charge in [-0.05, 0) is 60.7 Å². The van der Waals surface area contributed by atoms with Crippen LogP contribution in [0.25, 0.3) is 0 Å². The zero-order valence-electron chi connectivity index (χ0n) is 30.8. The third kappa shape index (κ3) is 11.0. The van der Waals surface area contributed by atoms with E-state index in [1.54, 1.807) is 0 Å². The van der Waals surface area contributed by atoms with Crippen LogP contribution in [-0.4, -0.2) is 101 Å². The predicted molar refractivity (Wildman–Crippen MR) is 203 cm³/mol. The molecule has 21 heteroatoms. The fourth-order valence-corrected chi connectivity index (χ4v) is 6.36. The van der Waals surface area contributed by atoms with Crippen molar-refractivity contribution in [2.45, 2.75) is 12.4 Å². The molecule has 0 atom stereocenters. The second-order valence-electron chi connectivity index (χ2n) is 13.1. The zero-order valence-corrected chi connectivity index (χ0v) is 31.5. The molecule has 4 aromatic carbocycles. The standard InChI is InChI=1S/C20H19ClF3N3O4.C18H16F3N3O4/c21-7-12-31-18-6-5-16(27(29)30)13-17(18)19(28)26-10-8-25(9-11-26)15-3-1-14(2-4-15)20(22,23)24;19-18(20,21)12-1-3-13(4-2-12)22-7-9-23(10-8-22)17(26)15-11-14(24(27)28)5-6-16(15)25/h1-6,13H,7-12H2;1-6,11,25H,7-10H2. The Labute approximate surface area is 337 Å². The summed E-state index contributed by atoms with van der Waals surface area (Å²) in [5, 5.41) is 31.8. The molecule has 2 amide bonds. The molecule has 4 aromatic rings. The third-order valence-corrected chi connectivity index (χ3v) is 9.57. The fraction of sp³-hybridized carbons (Fsp3) is 0.316. The Bertz CT molecular complexity index is 2140. The van der Waals surface area contributed by atoms with Gasteiger partial charge >= 0.3 is 12.4 Å². The smallest absolute Gasteiger partial charge is 0.416 e. The normalized spacial score (nSPS) is 14.6. The van der Waals surface area contributed by atoms with Crippen LogP contribution in [0.3, 0.4) is 0 Å². The number of benzene rings is 4. The number of piperazine rings is 2. The summed E-state index contributed by atoms with van der Waals surface area (Å²) in [5.41, 5.74) is -0.833. The number of hydrogen-bond acceptors (Lipinski definition) is 10. The van der Waals surface area contributed by atoms with Gasteiger partial charge < -0.3 is 29.4 Å². The second kappa shape index (κ2) is 18.5. The van der Waals surface area contributed by atoms with Crippen molar-refractivity contribution in [2.75, 3.05) is 74.6 Å². The van der Waals surface area contributed by atoms with Crippen molar-refractivity contribution in [1.82, 2.24) is 9.80 Å². The number of phenols is 1. The first kappa shape index (κ1) is 43.8. The lowest BCUT2D eigenvalue weighted by molar-refractivity contribution is -0.385. The van der Waals surface area contributed by atoms with Crippen molar-refractivity contribution in [3.8, 4) is 11.5 Å². The van der Waals surface area contributed by atoms with E-state index in [4.69, 9.17) is 16.3 Å². The van der Waals surface area contributed by atoms with Crippen LogP contribution in [0.15, 0.2) is 84.9 Å². The Morgan fingerprint density at radius 2 is 1.02 bits per heavy atom. The van der Waals surface area contributed by atoms with Crippen molar-refractivity contribution < 1.29 is 55.6 Å². The maximum absolute atomic E-state index is 13.0. The molecule has 0 spiro atoms. The van der Waals surface area contributed by atoms with E-state index in [1.807, 2.05) is 9.80 Å². The highest BCUT2D eigenvalue weighted by Gasteiger charge is 2.32. The van der Waals surface area contributed by atoms with Crippen LogP contribution in [0.4, 0.5) is 49.1 Å². The van der Waals surface area contributed by atoms with Gasteiger partial charge in [-0.15, -0.1) is 11.6 Å². The number of nitro groups is 2. The molecule has 0 aliphatic carbocycles. The number of phenolic OH excluding ortho intramolecular Hbond substituents is 1. The number of hydrogen-bond donors (Lipinski definition) is 1. The molecule has 0 radical (unpaired) electrons. The number of amides is 2. The molecule has 0 unspecified atom stereocenters. The Kier molecular flexibility index (Phi) is 13.7. The Balaban J connectivity index is 0.000000225. The molecule has 0 aromatic heterocycles. The highest BCUT2D eigenvalue weighted by Crippen LogP contribution is 2.33. The average Bonchev–Trinajstić information content (AvgIpc) is 3.22. The maximum atomic E-state index is 13.0. The van der Waals surface area contributed by atoms with Crippen molar-refractivity contribution in [3.63, 3.8) is 0 Å². The van der Waals surface area contributed by atoms with E-state index in [0.29, 0.717) is 50.6 Å². The molecule has 2 heterocycles. The van der Waals surface area contributed by atoms with E-state index in [9.17, 15) is 61.3 Å². The Morgan fingerprint density at radius 1 is 0.627 bits per heavy atom. The highest BCUT2D eigenvalue weighted by molar-refractivity contribution is 6.18. The summed E-state index contributed by atoms with van der Waals surface area (Å²) in [4.78, 5) is 53.0. The van der Waals surface area contributed by atoms with E-state index in [2.05, 4.69) is 0 Å². The van der Waals surface area contributed by atoms with Crippen molar-refractivity contribution in [2.24, 2.45) is 0 Å². The van der Waals surface area contributed by atoms with Crippen molar-refractivity contribution in [3.05, 3.63) is 127 Å². The SMILES string of the molecule is O=C(c1cc([N+](=O)[O-])ccc1O)N1CCN(c2ccc(C(F)(F)F)cc2)CC1.O=C(c1cc([N+](=O)[O-])ccc1OCCCl)N1CCN(c2ccc(C(F)(F)F)cc2)CC1. The van der Waals surface area contributed by atoms with Crippen LogP contribution >= 0.6 is 11.6 Å². The minimum absolute atomic E-state index is 0.0716. The van der Waals surface area contributed by atoms with E-state index in [-0.39, 0.29) is 59.6 Å². The van der Waals surface area contributed by atoms with Crippen molar-refractivity contribution >= 4 is 46.2 Å². The number of non-ortho nitro benzene ring substituents is 2. The molecule has 2 saturated heterocycles. The summed E-state index contributed by atoms with van der Waals surface area (Å²) >= 11 is 5.63. The quantitative estimate of drug-likeness (QED) is 0.0774. The molecular weight excluding hydrogens is 818 g/mol. The number of carbonyl (C=O) groups excluding carboxylic acids is 2. The first-order chi connectivity index (χ1) is 27.9. The van der Waals surface area contributed by atoms with E-state index >= 15 is 0 Å². The van der Waals surface area contributed by atoms with Crippen LogP contribution in [0.5, 0.6) is 11.5 Å². The monoisotopic (exact) mass is 852 g/mol. The number of halogens is 7. The largest absolute Gasteiger partial charge is 0.507 e. The van der Waals surface area contributed by atoms with Gasteiger partial charge in [0.25, 0.3) is 23.2 Å². The van der Waals surface area contributed by atoms with Crippen LogP contribution < -0.4 is 14.5 Å². The van der Waals surface area contributed by atoms with Gasteiger partial charge in [0.15, 0.2) is 0 Å². The maximum Gasteiger partial charge on any atom is 0.416 e. The van der Waals surface area contributed by atoms with Crippen LogP contribution in [-0.2, 0) is 12.4 Å². The molecule has 1 N–H and O–H groups in total. The lowest BCUT2D eigenvalue weighted by Gasteiger charge is -2.36. The van der Waals surface area contributed by atoms with E-state index in [0.717, 1.165) is 42.5 Å². The number of alkyl halides is 7. The summed E-state index contributed by atoms with van der Waals surface area (Å²) in [7, 11) is 0. The van der Waals surface area contributed by atoms with Crippen molar-refractivity contribution in [1.29, 1.82) is 0 Å². The Morgan fingerprint density at radius 3 is 1.41 bits per heavy atom. The molecule has 2 aliphatic rings. The van der Waals surface area contributed by atoms with Gasteiger partial charge in [-0.2, -0.15) is 26.3 Å². The third-order valence-electron chi connectivity index (χ3n) is 9.41. The highest BCUT2D eigenvalue weighted by atomic mass is 35.5. The van der Waals surface area contributed by atoms with Gasteiger partial charge in [-0.1, -0.05) is 0 Å². The summed E-state index contributed by atoms with van der Waals surface area (Å²) in [5.74, 6) is -0.896. The minimum Gasteiger partial charge on any atom is -0.507 e. The number of nitro benzene ring substituents is 2. The van der Waals surface area contributed by atoms with Gasteiger partial charge in [0.1, 0.15) is 18.1 Å².